The largest absolute Gasteiger partial charge is 0.456 e. The Kier molecular flexibility index (Phi) is 7.42. The zero-order valence-corrected chi connectivity index (χ0v) is 35.7. The first-order valence-corrected chi connectivity index (χ1v) is 22.0. The fraction of sp³-hybridized carbons (Fsp3) is 0.100. The lowest BCUT2D eigenvalue weighted by atomic mass is 9.81. The second kappa shape index (κ2) is 13.0. The molecule has 0 saturated carbocycles. The molecular formula is C60H43NO2. The lowest BCUT2D eigenvalue weighted by Gasteiger charge is -2.30. The summed E-state index contributed by atoms with van der Waals surface area (Å²) in [6, 6.07) is 68.5. The van der Waals surface area contributed by atoms with Gasteiger partial charge < -0.3 is 13.7 Å². The molecule has 0 bridgehead atoms. The Morgan fingerprint density at radius 1 is 0.349 bits per heavy atom. The Labute approximate surface area is 366 Å². The van der Waals surface area contributed by atoms with Crippen molar-refractivity contribution in [3.63, 3.8) is 0 Å². The Morgan fingerprint density at radius 2 is 0.921 bits per heavy atom. The van der Waals surface area contributed by atoms with Gasteiger partial charge in [0.05, 0.1) is 0 Å². The van der Waals surface area contributed by atoms with E-state index < -0.39 is 0 Å². The summed E-state index contributed by atoms with van der Waals surface area (Å²) < 4.78 is 13.1. The molecule has 0 fully saturated rings. The number of fused-ring (bicyclic) bond motifs is 12. The average Bonchev–Trinajstić information content (AvgIpc) is 4.02. The van der Waals surface area contributed by atoms with Gasteiger partial charge in [0.15, 0.2) is 0 Å². The zero-order valence-electron chi connectivity index (χ0n) is 35.7. The molecule has 0 N–H and O–H groups in total. The van der Waals surface area contributed by atoms with Crippen molar-refractivity contribution in [3.05, 3.63) is 210 Å². The number of hydrogen-bond donors (Lipinski definition) is 0. The highest BCUT2D eigenvalue weighted by Gasteiger charge is 2.40. The van der Waals surface area contributed by atoms with Gasteiger partial charge in [-0.25, -0.2) is 0 Å². The molecule has 0 radical (unpaired) electrons. The van der Waals surface area contributed by atoms with Crippen molar-refractivity contribution in [2.75, 3.05) is 4.90 Å². The van der Waals surface area contributed by atoms with Gasteiger partial charge in [-0.15, -0.1) is 0 Å². The van der Waals surface area contributed by atoms with E-state index in [4.69, 9.17) is 8.83 Å². The van der Waals surface area contributed by atoms with Gasteiger partial charge in [0, 0.05) is 60.6 Å². The minimum Gasteiger partial charge on any atom is -0.456 e. The minimum atomic E-state index is -0.306. The summed E-state index contributed by atoms with van der Waals surface area (Å²) in [4.78, 5) is 2.45. The Hall–Kier alpha value is -7.62. The van der Waals surface area contributed by atoms with E-state index in [2.05, 4.69) is 215 Å². The second-order valence-electron chi connectivity index (χ2n) is 18.4. The molecule has 0 amide bonds. The van der Waals surface area contributed by atoms with Crippen molar-refractivity contribution in [2.24, 2.45) is 0 Å². The van der Waals surface area contributed by atoms with Crippen LogP contribution in [0, 0.1) is 0 Å². The predicted molar refractivity (Wildman–Crippen MR) is 262 cm³/mol. The molecule has 0 spiro atoms. The predicted octanol–water partition coefficient (Wildman–Crippen LogP) is 16.9. The van der Waals surface area contributed by atoms with E-state index in [9.17, 15) is 0 Å². The average molecular weight is 810 g/mol. The third-order valence-electron chi connectivity index (χ3n) is 14.3. The van der Waals surface area contributed by atoms with Gasteiger partial charge in [-0.05, 0) is 110 Å². The third kappa shape index (κ3) is 5.08. The zero-order chi connectivity index (χ0) is 42.2. The van der Waals surface area contributed by atoms with Crippen LogP contribution in [-0.2, 0) is 10.8 Å². The monoisotopic (exact) mass is 809 g/mol. The summed E-state index contributed by atoms with van der Waals surface area (Å²) in [5, 5.41) is 4.59. The van der Waals surface area contributed by atoms with Crippen LogP contribution in [-0.4, -0.2) is 0 Å². The molecule has 0 atom stereocenters. The Bertz CT molecular complexity index is 3680. The first-order valence-electron chi connectivity index (χ1n) is 22.0. The lowest BCUT2D eigenvalue weighted by Crippen LogP contribution is -2.18. The van der Waals surface area contributed by atoms with Crippen LogP contribution in [0.2, 0.25) is 0 Å². The van der Waals surface area contributed by atoms with Gasteiger partial charge in [-0.1, -0.05) is 161 Å². The number of hydrogen-bond acceptors (Lipinski definition) is 3. The number of para-hydroxylation sites is 3. The highest BCUT2D eigenvalue weighted by Crippen LogP contribution is 2.57. The first kappa shape index (κ1) is 36.1. The highest BCUT2D eigenvalue weighted by molar-refractivity contribution is 6.18. The molecule has 11 aromatic rings. The quantitative estimate of drug-likeness (QED) is 0.173. The Morgan fingerprint density at radius 3 is 1.70 bits per heavy atom. The maximum absolute atomic E-state index is 6.65. The molecule has 2 heterocycles. The normalized spacial score (nSPS) is 14.3. The number of nitrogens with zero attached hydrogens (tertiary/aromatic N) is 1. The lowest BCUT2D eigenvalue weighted by molar-refractivity contribution is 0.647. The van der Waals surface area contributed by atoms with E-state index in [0.717, 1.165) is 66.7 Å². The van der Waals surface area contributed by atoms with E-state index in [1.54, 1.807) is 0 Å². The Balaban J connectivity index is 1.00. The molecule has 300 valence electrons. The first-order chi connectivity index (χ1) is 30.8. The van der Waals surface area contributed by atoms with Gasteiger partial charge >= 0.3 is 0 Å². The van der Waals surface area contributed by atoms with E-state index in [0.29, 0.717) is 0 Å². The standard InChI is InChI=1S/C60H43NO2/c1-59(2)48-22-11-8-17-42(48)43-31-29-39(33-49(43)59)61(38-27-25-36(26-28-38)41-20-14-21-45-44-18-9-12-23-52(44)63-58(41)45)40-30-32-46-50(34-40)60(3,4)51-35-54-57(47-19-10-13-24-53(47)62-54)55(56(46)51)37-15-6-5-7-16-37/h5-35H,1-4H3. The highest BCUT2D eigenvalue weighted by atomic mass is 16.3. The molecule has 13 rings (SSSR count). The smallest absolute Gasteiger partial charge is 0.143 e. The molecule has 9 aromatic carbocycles. The van der Waals surface area contributed by atoms with Crippen LogP contribution in [0.1, 0.15) is 49.9 Å². The van der Waals surface area contributed by atoms with Crippen LogP contribution in [0.5, 0.6) is 0 Å². The summed E-state index contributed by atoms with van der Waals surface area (Å²) in [5.74, 6) is 0. The summed E-state index contributed by atoms with van der Waals surface area (Å²) in [6.45, 7) is 9.46. The van der Waals surface area contributed by atoms with Crippen molar-refractivity contribution in [2.45, 2.75) is 38.5 Å². The summed E-state index contributed by atoms with van der Waals surface area (Å²) in [5.41, 5.74) is 21.7. The number of rotatable bonds is 5. The maximum atomic E-state index is 6.65. The van der Waals surface area contributed by atoms with E-state index in [-0.39, 0.29) is 10.8 Å². The molecular weight excluding hydrogens is 767 g/mol. The summed E-state index contributed by atoms with van der Waals surface area (Å²) in [6.07, 6.45) is 0. The topological polar surface area (TPSA) is 29.5 Å². The molecule has 2 aliphatic carbocycles. The molecule has 0 saturated heterocycles. The molecule has 0 unspecified atom stereocenters. The van der Waals surface area contributed by atoms with Gasteiger partial charge in [0.1, 0.15) is 22.3 Å². The molecule has 63 heavy (non-hydrogen) atoms. The van der Waals surface area contributed by atoms with Crippen molar-refractivity contribution >= 4 is 60.9 Å². The number of benzene rings is 9. The molecule has 3 heteroatoms. The van der Waals surface area contributed by atoms with Gasteiger partial charge in [0.2, 0.25) is 0 Å². The second-order valence-corrected chi connectivity index (χ2v) is 18.4. The van der Waals surface area contributed by atoms with Crippen LogP contribution in [0.4, 0.5) is 17.1 Å². The molecule has 3 nitrogen and oxygen atoms in total. The molecule has 0 aliphatic heterocycles. The van der Waals surface area contributed by atoms with Gasteiger partial charge in [0.25, 0.3) is 0 Å². The van der Waals surface area contributed by atoms with Crippen LogP contribution in [0.25, 0.3) is 88.4 Å². The summed E-state index contributed by atoms with van der Waals surface area (Å²) >= 11 is 0. The van der Waals surface area contributed by atoms with E-state index in [1.807, 2.05) is 6.07 Å². The molecule has 2 aliphatic rings. The summed E-state index contributed by atoms with van der Waals surface area (Å²) in [7, 11) is 0. The van der Waals surface area contributed by atoms with Crippen LogP contribution >= 0.6 is 0 Å². The fourth-order valence-electron chi connectivity index (χ4n) is 11.1. The van der Waals surface area contributed by atoms with Gasteiger partial charge in [-0.3, -0.25) is 0 Å². The SMILES string of the molecule is CC1(C)c2ccccc2-c2ccc(N(c3ccc(-c4cccc5c4oc4ccccc45)cc3)c3ccc4c(c3)C(C)(C)c3cc5oc6ccccc6c5c(-c5ccccc5)c3-4)cc21. The van der Waals surface area contributed by atoms with Crippen LogP contribution in [0.15, 0.2) is 197 Å². The van der Waals surface area contributed by atoms with Crippen molar-refractivity contribution in [3.8, 4) is 44.5 Å². The van der Waals surface area contributed by atoms with E-state index in [1.165, 1.54) is 61.0 Å². The number of anilines is 3. The van der Waals surface area contributed by atoms with Crippen molar-refractivity contribution in [1.82, 2.24) is 0 Å². The fourth-order valence-corrected chi connectivity index (χ4v) is 11.1. The van der Waals surface area contributed by atoms with Crippen LogP contribution < -0.4 is 4.90 Å². The van der Waals surface area contributed by atoms with Crippen molar-refractivity contribution in [1.29, 1.82) is 0 Å². The third-order valence-corrected chi connectivity index (χ3v) is 14.3. The van der Waals surface area contributed by atoms with Gasteiger partial charge in [-0.2, -0.15) is 0 Å². The molecule has 2 aromatic heterocycles. The minimum absolute atomic E-state index is 0.140. The maximum Gasteiger partial charge on any atom is 0.143 e. The van der Waals surface area contributed by atoms with Crippen molar-refractivity contribution < 1.29 is 8.83 Å². The van der Waals surface area contributed by atoms with Crippen LogP contribution in [0.3, 0.4) is 0 Å². The number of furan rings is 2. The van der Waals surface area contributed by atoms with E-state index >= 15 is 0 Å².